The van der Waals surface area contributed by atoms with E-state index in [0.717, 1.165) is 16.7 Å². The van der Waals surface area contributed by atoms with Crippen molar-refractivity contribution in [3.63, 3.8) is 0 Å². The number of hydrogen-bond acceptors (Lipinski definition) is 5. The van der Waals surface area contributed by atoms with Crippen molar-refractivity contribution in [3.05, 3.63) is 88.2 Å². The molecule has 0 saturated carbocycles. The van der Waals surface area contributed by atoms with Crippen LogP contribution in [0, 0.1) is 0 Å². The second kappa shape index (κ2) is 7.54. The number of fused-ring (bicyclic) bond motifs is 1. The molecule has 0 aliphatic carbocycles. The van der Waals surface area contributed by atoms with Gasteiger partial charge in [0.25, 0.3) is 0 Å². The summed E-state index contributed by atoms with van der Waals surface area (Å²) in [6.07, 6.45) is 0.681. The lowest BCUT2D eigenvalue weighted by atomic mass is 10.1. The van der Waals surface area contributed by atoms with E-state index in [1.165, 1.54) is 10.4 Å². The van der Waals surface area contributed by atoms with Crippen molar-refractivity contribution in [1.82, 2.24) is 9.97 Å². The number of azo groups is 1. The van der Waals surface area contributed by atoms with Gasteiger partial charge in [0.15, 0.2) is 5.82 Å². The molecule has 4 rings (SSSR count). The molecule has 128 valence electrons. The van der Waals surface area contributed by atoms with E-state index in [9.17, 15) is 0 Å². The molecule has 4 aromatic rings. The minimum atomic E-state index is 0.00726. The third-order valence-electron chi connectivity index (χ3n) is 4.12. The van der Waals surface area contributed by atoms with E-state index in [4.69, 9.17) is 9.97 Å². The van der Waals surface area contributed by atoms with Crippen molar-refractivity contribution < 1.29 is 0 Å². The summed E-state index contributed by atoms with van der Waals surface area (Å²) in [6, 6.07) is 22.2. The summed E-state index contributed by atoms with van der Waals surface area (Å²) in [5.41, 5.74) is 3.74. The van der Waals surface area contributed by atoms with Crippen LogP contribution in [0.25, 0.3) is 11.0 Å². The normalized spacial score (nSPS) is 12.7. The number of aromatic nitrogens is 2. The highest BCUT2D eigenvalue weighted by molar-refractivity contribution is 7.10. The summed E-state index contributed by atoms with van der Waals surface area (Å²) >= 11 is 1.69. The molecule has 4 nitrogen and oxygen atoms in total. The van der Waals surface area contributed by atoms with E-state index in [1.54, 1.807) is 11.3 Å². The average Bonchev–Trinajstić information content (AvgIpc) is 3.22. The lowest BCUT2D eigenvalue weighted by Gasteiger charge is -2.07. The molecule has 0 aliphatic heterocycles. The molecule has 0 fully saturated rings. The molecule has 1 atom stereocenters. The van der Waals surface area contributed by atoms with Crippen LogP contribution in [0.2, 0.25) is 0 Å². The third kappa shape index (κ3) is 3.68. The largest absolute Gasteiger partial charge is 0.247 e. The van der Waals surface area contributed by atoms with Crippen LogP contribution in [0.4, 0.5) is 5.82 Å². The first-order valence-electron chi connectivity index (χ1n) is 8.53. The maximum absolute atomic E-state index is 4.80. The summed E-state index contributed by atoms with van der Waals surface area (Å²) in [6.45, 7) is 2.04. The molecule has 0 bridgehead atoms. The van der Waals surface area contributed by atoms with E-state index in [2.05, 4.69) is 33.8 Å². The van der Waals surface area contributed by atoms with Crippen LogP contribution in [-0.4, -0.2) is 9.97 Å². The molecule has 2 aromatic carbocycles. The molecule has 2 aromatic heterocycles. The summed E-state index contributed by atoms with van der Waals surface area (Å²) < 4.78 is 0. The van der Waals surface area contributed by atoms with Crippen LogP contribution in [-0.2, 0) is 6.42 Å². The second-order valence-electron chi connectivity index (χ2n) is 6.05. The lowest BCUT2D eigenvalue weighted by molar-refractivity contribution is 0.773. The first-order valence-corrected chi connectivity index (χ1v) is 9.41. The standard InChI is InChI=1S/C21H18N4S/c1-15(20-12-7-13-26-20)24-25-21-19(14-16-8-3-2-4-9-16)22-17-10-5-6-11-18(17)23-21/h2-13,15H,14H2,1H3. The van der Waals surface area contributed by atoms with Gasteiger partial charge in [-0.2, -0.15) is 5.11 Å². The summed E-state index contributed by atoms with van der Waals surface area (Å²) in [5.74, 6) is 0.593. The van der Waals surface area contributed by atoms with Crippen LogP contribution < -0.4 is 0 Å². The van der Waals surface area contributed by atoms with Crippen LogP contribution in [0.15, 0.2) is 82.3 Å². The zero-order chi connectivity index (χ0) is 17.8. The Hall–Kier alpha value is -2.92. The fraction of sp³-hybridized carbons (Fsp3) is 0.143. The highest BCUT2D eigenvalue weighted by Gasteiger charge is 2.11. The van der Waals surface area contributed by atoms with E-state index in [1.807, 2.05) is 55.5 Å². The van der Waals surface area contributed by atoms with Gasteiger partial charge in [0.2, 0.25) is 0 Å². The fourth-order valence-electron chi connectivity index (χ4n) is 2.74. The van der Waals surface area contributed by atoms with Crippen molar-refractivity contribution in [2.75, 3.05) is 0 Å². The molecule has 0 spiro atoms. The van der Waals surface area contributed by atoms with Gasteiger partial charge >= 0.3 is 0 Å². The molecule has 1 unspecified atom stereocenters. The maximum atomic E-state index is 4.80. The maximum Gasteiger partial charge on any atom is 0.196 e. The number of hydrogen-bond donors (Lipinski definition) is 0. The molecular weight excluding hydrogens is 340 g/mol. The Labute approximate surface area is 156 Å². The van der Waals surface area contributed by atoms with Crippen LogP contribution in [0.5, 0.6) is 0 Å². The molecule has 0 N–H and O–H groups in total. The van der Waals surface area contributed by atoms with E-state index in [0.29, 0.717) is 12.2 Å². The highest BCUT2D eigenvalue weighted by Crippen LogP contribution is 2.26. The van der Waals surface area contributed by atoms with Crippen LogP contribution in [0.1, 0.15) is 29.1 Å². The SMILES string of the molecule is CC(N=Nc1nc2ccccc2nc1Cc1ccccc1)c1cccs1. The molecule has 5 heteroatoms. The molecule has 0 amide bonds. The molecule has 0 aliphatic rings. The Morgan fingerprint density at radius 1 is 0.885 bits per heavy atom. The number of rotatable bonds is 5. The molecule has 2 heterocycles. The predicted molar refractivity (Wildman–Crippen MR) is 106 cm³/mol. The second-order valence-corrected chi connectivity index (χ2v) is 7.03. The van der Waals surface area contributed by atoms with Gasteiger partial charge < -0.3 is 0 Å². The first kappa shape index (κ1) is 16.5. The monoisotopic (exact) mass is 358 g/mol. The Balaban J connectivity index is 1.72. The minimum absolute atomic E-state index is 0.00726. The van der Waals surface area contributed by atoms with Crippen molar-refractivity contribution in [3.8, 4) is 0 Å². The third-order valence-corrected chi connectivity index (χ3v) is 5.16. The molecule has 26 heavy (non-hydrogen) atoms. The molecular formula is C21H18N4S. The Morgan fingerprint density at radius 3 is 2.35 bits per heavy atom. The van der Waals surface area contributed by atoms with Gasteiger partial charge in [-0.05, 0) is 36.1 Å². The smallest absolute Gasteiger partial charge is 0.196 e. The highest BCUT2D eigenvalue weighted by atomic mass is 32.1. The van der Waals surface area contributed by atoms with Crippen molar-refractivity contribution >= 4 is 28.2 Å². The van der Waals surface area contributed by atoms with Crippen molar-refractivity contribution in [2.45, 2.75) is 19.4 Å². The number of para-hydroxylation sites is 2. The van der Waals surface area contributed by atoms with Gasteiger partial charge in [0.1, 0.15) is 6.04 Å². The first-order chi connectivity index (χ1) is 12.8. The quantitative estimate of drug-likeness (QED) is 0.403. The van der Waals surface area contributed by atoms with Crippen molar-refractivity contribution in [2.24, 2.45) is 10.2 Å². The zero-order valence-electron chi connectivity index (χ0n) is 14.4. The van der Waals surface area contributed by atoms with Gasteiger partial charge in [-0.3, -0.25) is 0 Å². The van der Waals surface area contributed by atoms with Gasteiger partial charge in [-0.25, -0.2) is 9.97 Å². The predicted octanol–water partition coefficient (Wildman–Crippen LogP) is 6.13. The van der Waals surface area contributed by atoms with E-state index in [-0.39, 0.29) is 6.04 Å². The average molecular weight is 358 g/mol. The van der Waals surface area contributed by atoms with Gasteiger partial charge in [-0.15, -0.1) is 16.5 Å². The van der Waals surface area contributed by atoms with Crippen molar-refractivity contribution in [1.29, 1.82) is 0 Å². The lowest BCUT2D eigenvalue weighted by Crippen LogP contribution is -1.96. The van der Waals surface area contributed by atoms with E-state index >= 15 is 0 Å². The number of thiophene rings is 1. The molecule has 0 saturated heterocycles. The minimum Gasteiger partial charge on any atom is -0.247 e. The summed E-state index contributed by atoms with van der Waals surface area (Å²) in [4.78, 5) is 10.7. The number of benzene rings is 2. The Kier molecular flexibility index (Phi) is 4.80. The summed E-state index contributed by atoms with van der Waals surface area (Å²) in [7, 11) is 0. The summed E-state index contributed by atoms with van der Waals surface area (Å²) in [5, 5.41) is 11.0. The van der Waals surface area contributed by atoms with Crippen LogP contribution >= 0.6 is 11.3 Å². The fourth-order valence-corrected chi connectivity index (χ4v) is 3.46. The Morgan fingerprint density at radius 2 is 1.62 bits per heavy atom. The van der Waals surface area contributed by atoms with Gasteiger partial charge in [0, 0.05) is 11.3 Å². The van der Waals surface area contributed by atoms with Gasteiger partial charge in [-0.1, -0.05) is 48.5 Å². The Bertz CT molecular complexity index is 1030. The van der Waals surface area contributed by atoms with Gasteiger partial charge in [0.05, 0.1) is 16.7 Å². The molecule has 0 radical (unpaired) electrons. The van der Waals surface area contributed by atoms with E-state index < -0.39 is 0 Å². The topological polar surface area (TPSA) is 50.5 Å². The number of nitrogens with zero attached hydrogens (tertiary/aromatic N) is 4. The van der Waals surface area contributed by atoms with Crippen LogP contribution in [0.3, 0.4) is 0 Å². The zero-order valence-corrected chi connectivity index (χ0v) is 15.2.